The zero-order valence-corrected chi connectivity index (χ0v) is 11.7. The maximum absolute atomic E-state index is 14.0. The molecule has 20 heavy (non-hydrogen) atoms. The molecule has 1 heterocycles. The Bertz CT molecular complexity index is 638. The molecule has 1 aliphatic carbocycles. The third kappa shape index (κ3) is 2.04. The first-order chi connectivity index (χ1) is 9.39. The Morgan fingerprint density at radius 2 is 1.85 bits per heavy atom. The van der Waals surface area contributed by atoms with Gasteiger partial charge in [-0.15, -0.1) is 0 Å². The van der Waals surface area contributed by atoms with Gasteiger partial charge in [0.15, 0.2) is 0 Å². The van der Waals surface area contributed by atoms with Crippen LogP contribution in [-0.2, 0) is 6.42 Å². The van der Waals surface area contributed by atoms with E-state index >= 15 is 0 Å². The SMILES string of the molecule is CC1(C)Cc2c(ccn2-c2c(F)cccc2F)C(N)C1. The van der Waals surface area contributed by atoms with Gasteiger partial charge in [0.2, 0.25) is 0 Å². The molecule has 0 fully saturated rings. The molecule has 2 nitrogen and oxygen atoms in total. The minimum Gasteiger partial charge on any atom is -0.324 e. The van der Waals surface area contributed by atoms with E-state index in [4.69, 9.17) is 5.73 Å². The highest BCUT2D eigenvalue weighted by Gasteiger charge is 2.33. The van der Waals surface area contributed by atoms with Crippen molar-refractivity contribution in [2.24, 2.45) is 11.1 Å². The van der Waals surface area contributed by atoms with Gasteiger partial charge in [-0.25, -0.2) is 8.78 Å². The highest BCUT2D eigenvalue weighted by molar-refractivity contribution is 5.42. The quantitative estimate of drug-likeness (QED) is 0.845. The number of aromatic nitrogens is 1. The summed E-state index contributed by atoms with van der Waals surface area (Å²) >= 11 is 0. The molecule has 0 radical (unpaired) electrons. The predicted octanol–water partition coefficient (Wildman–Crippen LogP) is 3.73. The molecule has 1 aliphatic rings. The molecule has 2 N–H and O–H groups in total. The van der Waals surface area contributed by atoms with E-state index in [0.29, 0.717) is 0 Å². The Labute approximate surface area is 117 Å². The molecule has 0 saturated heterocycles. The molecule has 0 spiro atoms. The molecule has 106 valence electrons. The van der Waals surface area contributed by atoms with Crippen molar-refractivity contribution in [3.05, 3.63) is 53.4 Å². The van der Waals surface area contributed by atoms with Crippen molar-refractivity contribution in [2.45, 2.75) is 32.7 Å². The summed E-state index contributed by atoms with van der Waals surface area (Å²) < 4.78 is 29.6. The van der Waals surface area contributed by atoms with Gasteiger partial charge in [-0.2, -0.15) is 0 Å². The van der Waals surface area contributed by atoms with Gasteiger partial charge in [0.05, 0.1) is 0 Å². The van der Waals surface area contributed by atoms with E-state index in [2.05, 4.69) is 13.8 Å². The second-order valence-electron chi connectivity index (χ2n) is 6.31. The van der Waals surface area contributed by atoms with Gasteiger partial charge in [-0.05, 0) is 42.0 Å². The second-order valence-corrected chi connectivity index (χ2v) is 6.31. The highest BCUT2D eigenvalue weighted by Crippen LogP contribution is 2.41. The van der Waals surface area contributed by atoms with Gasteiger partial charge in [-0.3, -0.25) is 0 Å². The molecule has 0 amide bonds. The Morgan fingerprint density at radius 3 is 2.50 bits per heavy atom. The lowest BCUT2D eigenvalue weighted by Crippen LogP contribution is -2.30. The van der Waals surface area contributed by atoms with Crippen LogP contribution in [0.15, 0.2) is 30.5 Å². The number of hydrogen-bond acceptors (Lipinski definition) is 1. The lowest BCUT2D eigenvalue weighted by Gasteiger charge is -2.34. The summed E-state index contributed by atoms with van der Waals surface area (Å²) in [6.45, 7) is 4.26. The van der Waals surface area contributed by atoms with Crippen LogP contribution in [0.3, 0.4) is 0 Å². The second kappa shape index (κ2) is 4.42. The molecular formula is C16H18F2N2. The molecule has 0 saturated carbocycles. The van der Waals surface area contributed by atoms with Crippen LogP contribution in [0.25, 0.3) is 5.69 Å². The maximum Gasteiger partial charge on any atom is 0.150 e. The molecule has 4 heteroatoms. The standard InChI is InChI=1S/C16H18F2N2/c1-16(2)8-13(19)10-6-7-20(14(10)9-16)15-11(17)4-3-5-12(15)18/h3-7,13H,8-9,19H2,1-2H3. The van der Waals surface area contributed by atoms with E-state index in [1.165, 1.54) is 18.2 Å². The molecule has 1 atom stereocenters. The van der Waals surface area contributed by atoms with Crippen molar-refractivity contribution in [1.82, 2.24) is 4.57 Å². The third-order valence-electron chi connectivity index (χ3n) is 4.02. The monoisotopic (exact) mass is 276 g/mol. The lowest BCUT2D eigenvalue weighted by atomic mass is 9.74. The minimum absolute atomic E-state index is 0.0151. The van der Waals surface area contributed by atoms with Crippen molar-refractivity contribution in [3.63, 3.8) is 0 Å². The largest absolute Gasteiger partial charge is 0.324 e. The summed E-state index contributed by atoms with van der Waals surface area (Å²) in [6, 6.07) is 5.73. The Morgan fingerprint density at radius 1 is 1.20 bits per heavy atom. The molecule has 1 aromatic heterocycles. The van der Waals surface area contributed by atoms with Crippen LogP contribution in [-0.4, -0.2) is 4.57 Å². The number of hydrogen-bond donors (Lipinski definition) is 1. The molecule has 1 aromatic carbocycles. The first kappa shape index (κ1) is 13.3. The molecular weight excluding hydrogens is 258 g/mol. The highest BCUT2D eigenvalue weighted by atomic mass is 19.1. The first-order valence-corrected chi connectivity index (χ1v) is 6.79. The normalized spacial score (nSPS) is 20.8. The van der Waals surface area contributed by atoms with Crippen molar-refractivity contribution >= 4 is 0 Å². The van der Waals surface area contributed by atoms with Crippen LogP contribution in [0.2, 0.25) is 0 Å². The van der Waals surface area contributed by atoms with Crippen LogP contribution in [0.1, 0.15) is 37.6 Å². The number of para-hydroxylation sites is 1. The number of benzene rings is 1. The Balaban J connectivity index is 2.19. The number of rotatable bonds is 1. The third-order valence-corrected chi connectivity index (χ3v) is 4.02. The molecule has 0 bridgehead atoms. The number of nitrogens with zero attached hydrogens (tertiary/aromatic N) is 1. The van der Waals surface area contributed by atoms with Gasteiger partial charge >= 0.3 is 0 Å². The molecule has 2 aromatic rings. The fraction of sp³-hybridized carbons (Fsp3) is 0.375. The lowest BCUT2D eigenvalue weighted by molar-refractivity contribution is 0.278. The first-order valence-electron chi connectivity index (χ1n) is 6.79. The zero-order valence-electron chi connectivity index (χ0n) is 11.7. The van der Waals surface area contributed by atoms with Crippen LogP contribution < -0.4 is 5.73 Å². The van der Waals surface area contributed by atoms with E-state index in [0.717, 1.165) is 24.1 Å². The summed E-state index contributed by atoms with van der Waals surface area (Å²) in [5.74, 6) is -1.11. The van der Waals surface area contributed by atoms with Crippen molar-refractivity contribution in [3.8, 4) is 5.69 Å². The fourth-order valence-corrected chi connectivity index (χ4v) is 3.16. The van der Waals surface area contributed by atoms with Crippen LogP contribution in [0.5, 0.6) is 0 Å². The average Bonchev–Trinajstić information content (AvgIpc) is 2.71. The molecule has 0 aliphatic heterocycles. The summed E-state index contributed by atoms with van der Waals surface area (Å²) in [5, 5.41) is 0. The van der Waals surface area contributed by atoms with Crippen molar-refractivity contribution < 1.29 is 8.78 Å². The molecule has 1 unspecified atom stereocenters. The Hall–Kier alpha value is -1.68. The summed E-state index contributed by atoms with van der Waals surface area (Å²) in [6.07, 6.45) is 3.36. The number of halogens is 2. The minimum atomic E-state index is -0.555. The van der Waals surface area contributed by atoms with Crippen molar-refractivity contribution in [1.29, 1.82) is 0 Å². The van der Waals surface area contributed by atoms with Gasteiger partial charge in [0, 0.05) is 17.9 Å². The van der Waals surface area contributed by atoms with Gasteiger partial charge in [0.1, 0.15) is 17.3 Å². The average molecular weight is 276 g/mol. The summed E-state index contributed by atoms with van der Waals surface area (Å²) in [7, 11) is 0. The van der Waals surface area contributed by atoms with Crippen molar-refractivity contribution in [2.75, 3.05) is 0 Å². The summed E-state index contributed by atoms with van der Waals surface area (Å²) in [4.78, 5) is 0. The Kier molecular flexibility index (Phi) is 2.94. The van der Waals surface area contributed by atoms with E-state index in [1.54, 1.807) is 10.8 Å². The van der Waals surface area contributed by atoms with Gasteiger partial charge in [-0.1, -0.05) is 19.9 Å². The van der Waals surface area contributed by atoms with Crippen LogP contribution in [0, 0.1) is 17.0 Å². The van der Waals surface area contributed by atoms with Gasteiger partial charge in [0.25, 0.3) is 0 Å². The topological polar surface area (TPSA) is 30.9 Å². The van der Waals surface area contributed by atoms with E-state index in [9.17, 15) is 8.78 Å². The van der Waals surface area contributed by atoms with E-state index in [-0.39, 0.29) is 17.1 Å². The predicted molar refractivity (Wildman–Crippen MR) is 74.7 cm³/mol. The number of nitrogens with two attached hydrogens (primary N) is 1. The number of fused-ring (bicyclic) bond motifs is 1. The van der Waals surface area contributed by atoms with Crippen LogP contribution in [0.4, 0.5) is 8.78 Å². The van der Waals surface area contributed by atoms with E-state index < -0.39 is 11.6 Å². The maximum atomic E-state index is 14.0. The fourth-order valence-electron chi connectivity index (χ4n) is 3.16. The van der Waals surface area contributed by atoms with Crippen LogP contribution >= 0.6 is 0 Å². The van der Waals surface area contributed by atoms with E-state index in [1.807, 2.05) is 6.07 Å². The zero-order chi connectivity index (χ0) is 14.5. The molecule has 3 rings (SSSR count). The summed E-state index contributed by atoms with van der Waals surface area (Å²) in [5.41, 5.74) is 8.11. The van der Waals surface area contributed by atoms with Gasteiger partial charge < -0.3 is 10.3 Å². The smallest absolute Gasteiger partial charge is 0.150 e.